The van der Waals surface area contributed by atoms with Crippen LogP contribution in [-0.2, 0) is 4.74 Å². The van der Waals surface area contributed by atoms with Crippen LogP contribution in [0.3, 0.4) is 0 Å². The van der Waals surface area contributed by atoms with Gasteiger partial charge in [-0.15, -0.1) is 0 Å². The molecule has 6 nitrogen and oxygen atoms in total. The van der Waals surface area contributed by atoms with E-state index in [-0.39, 0.29) is 17.2 Å². The molecule has 1 aliphatic rings. The van der Waals surface area contributed by atoms with Crippen molar-refractivity contribution < 1.29 is 14.5 Å². The van der Waals surface area contributed by atoms with Gasteiger partial charge < -0.3 is 10.1 Å². The molecule has 1 saturated heterocycles. The van der Waals surface area contributed by atoms with E-state index in [1.807, 2.05) is 6.92 Å². The van der Waals surface area contributed by atoms with Crippen molar-refractivity contribution in [2.24, 2.45) is 0 Å². The fraction of sp³-hybridized carbons (Fsp3) is 0.462. The van der Waals surface area contributed by atoms with E-state index in [0.717, 1.165) is 12.8 Å². The lowest BCUT2D eigenvalue weighted by molar-refractivity contribution is -0.384. The summed E-state index contributed by atoms with van der Waals surface area (Å²) in [5.41, 5.74) is -0.284. The molecule has 108 valence electrons. The number of rotatable bonds is 3. The number of amides is 1. The minimum atomic E-state index is -0.519. The summed E-state index contributed by atoms with van der Waals surface area (Å²) in [6.07, 6.45) is 1.71. The summed E-state index contributed by atoms with van der Waals surface area (Å²) in [5, 5.41) is 13.7. The number of halogens is 1. The first kappa shape index (κ1) is 14.9. The van der Waals surface area contributed by atoms with E-state index in [2.05, 4.69) is 21.2 Å². The molecule has 0 saturated carbocycles. The smallest absolute Gasteiger partial charge is 0.270 e. The van der Waals surface area contributed by atoms with Gasteiger partial charge >= 0.3 is 0 Å². The highest BCUT2D eigenvalue weighted by molar-refractivity contribution is 9.10. The molecular weight excluding hydrogens is 328 g/mol. The lowest BCUT2D eigenvalue weighted by atomic mass is 9.94. The lowest BCUT2D eigenvalue weighted by Gasteiger charge is -2.34. The van der Waals surface area contributed by atoms with Gasteiger partial charge in [0.1, 0.15) is 0 Å². The average Bonchev–Trinajstić information content (AvgIpc) is 2.39. The molecule has 1 heterocycles. The third kappa shape index (κ3) is 3.34. The minimum Gasteiger partial charge on any atom is -0.379 e. The summed E-state index contributed by atoms with van der Waals surface area (Å²) >= 11 is 3.25. The number of nitro groups is 1. The summed E-state index contributed by atoms with van der Waals surface area (Å²) < 4.78 is 5.91. The van der Waals surface area contributed by atoms with Gasteiger partial charge in [0, 0.05) is 23.2 Å². The van der Waals surface area contributed by atoms with Gasteiger partial charge in [0.15, 0.2) is 0 Å². The quantitative estimate of drug-likeness (QED) is 0.676. The standard InChI is InChI=1S/C13H15BrN2O4/c1-13(5-2-6-20-8-13)15-12(17)10-7-9(16(18)19)3-4-11(10)14/h3-4,7H,2,5-6,8H2,1H3,(H,15,17). The predicted molar refractivity (Wildman–Crippen MR) is 76.7 cm³/mol. The second-order valence-electron chi connectivity index (χ2n) is 5.09. The molecule has 0 aromatic heterocycles. The van der Waals surface area contributed by atoms with Crippen LogP contribution in [-0.4, -0.2) is 29.6 Å². The average molecular weight is 343 g/mol. The van der Waals surface area contributed by atoms with Crippen LogP contribution in [0, 0.1) is 10.1 Å². The van der Waals surface area contributed by atoms with Crippen molar-refractivity contribution in [1.29, 1.82) is 0 Å². The zero-order valence-electron chi connectivity index (χ0n) is 11.0. The van der Waals surface area contributed by atoms with E-state index >= 15 is 0 Å². The van der Waals surface area contributed by atoms with Gasteiger partial charge in [0.05, 0.1) is 22.6 Å². The van der Waals surface area contributed by atoms with E-state index < -0.39 is 10.5 Å². The fourth-order valence-corrected chi connectivity index (χ4v) is 2.60. The molecule has 0 bridgehead atoms. The summed E-state index contributed by atoms with van der Waals surface area (Å²) in [4.78, 5) is 22.6. The molecular formula is C13H15BrN2O4. The highest BCUT2D eigenvalue weighted by Crippen LogP contribution is 2.24. The number of nitrogens with one attached hydrogen (secondary N) is 1. The van der Waals surface area contributed by atoms with Crippen LogP contribution >= 0.6 is 15.9 Å². The Hall–Kier alpha value is -1.47. The van der Waals surface area contributed by atoms with E-state index in [1.54, 1.807) is 0 Å². The maximum atomic E-state index is 12.3. The maximum absolute atomic E-state index is 12.3. The van der Waals surface area contributed by atoms with Crippen LogP contribution < -0.4 is 5.32 Å². The number of hydrogen-bond donors (Lipinski definition) is 1. The zero-order valence-corrected chi connectivity index (χ0v) is 12.6. The Morgan fingerprint density at radius 2 is 2.30 bits per heavy atom. The molecule has 1 aromatic carbocycles. The molecule has 0 aliphatic carbocycles. The van der Waals surface area contributed by atoms with Crippen molar-refractivity contribution in [3.05, 3.63) is 38.3 Å². The lowest BCUT2D eigenvalue weighted by Crippen LogP contribution is -2.51. The van der Waals surface area contributed by atoms with Crippen LogP contribution in [0.15, 0.2) is 22.7 Å². The van der Waals surface area contributed by atoms with Crippen molar-refractivity contribution in [3.63, 3.8) is 0 Å². The molecule has 1 fully saturated rings. The van der Waals surface area contributed by atoms with Crippen molar-refractivity contribution in [3.8, 4) is 0 Å². The first-order chi connectivity index (χ1) is 9.41. The molecule has 0 radical (unpaired) electrons. The van der Waals surface area contributed by atoms with Crippen LogP contribution in [0.2, 0.25) is 0 Å². The molecule has 1 N–H and O–H groups in total. The molecule has 2 rings (SSSR count). The van der Waals surface area contributed by atoms with E-state index in [4.69, 9.17) is 4.74 Å². The Labute approximate surface area is 124 Å². The topological polar surface area (TPSA) is 81.5 Å². The number of hydrogen-bond acceptors (Lipinski definition) is 4. The number of nitrogens with zero attached hydrogens (tertiary/aromatic N) is 1. The van der Waals surface area contributed by atoms with Gasteiger partial charge in [-0.3, -0.25) is 14.9 Å². The Morgan fingerprint density at radius 3 is 2.90 bits per heavy atom. The number of ether oxygens (including phenoxy) is 1. The van der Waals surface area contributed by atoms with E-state index in [1.165, 1.54) is 18.2 Å². The first-order valence-corrected chi connectivity index (χ1v) is 7.05. The monoisotopic (exact) mass is 342 g/mol. The van der Waals surface area contributed by atoms with Gasteiger partial charge in [0.25, 0.3) is 11.6 Å². The minimum absolute atomic E-state index is 0.108. The zero-order chi connectivity index (χ0) is 14.8. The normalized spacial score (nSPS) is 22.3. The van der Waals surface area contributed by atoms with Gasteiger partial charge in [-0.25, -0.2) is 0 Å². The van der Waals surface area contributed by atoms with E-state index in [9.17, 15) is 14.9 Å². The molecule has 1 unspecified atom stereocenters. The molecule has 7 heteroatoms. The summed E-state index contributed by atoms with van der Waals surface area (Å²) in [6, 6.07) is 4.13. The van der Waals surface area contributed by atoms with Crippen molar-refractivity contribution in [1.82, 2.24) is 5.32 Å². The van der Waals surface area contributed by atoms with Crippen molar-refractivity contribution in [2.75, 3.05) is 13.2 Å². The SMILES string of the molecule is CC1(NC(=O)c2cc([N+](=O)[O-])ccc2Br)CCCOC1. The number of carbonyl (C=O) groups excluding carboxylic acids is 1. The Bertz CT molecular complexity index is 541. The molecule has 0 spiro atoms. The van der Waals surface area contributed by atoms with Gasteiger partial charge in [0.2, 0.25) is 0 Å². The molecule has 1 aromatic rings. The third-order valence-electron chi connectivity index (χ3n) is 3.26. The van der Waals surface area contributed by atoms with Crippen LogP contribution in [0.1, 0.15) is 30.1 Å². The van der Waals surface area contributed by atoms with Gasteiger partial charge in [-0.05, 0) is 41.8 Å². The molecule has 1 atom stereocenters. The van der Waals surface area contributed by atoms with Gasteiger partial charge in [-0.2, -0.15) is 0 Å². The first-order valence-electron chi connectivity index (χ1n) is 6.25. The second-order valence-corrected chi connectivity index (χ2v) is 5.95. The number of benzene rings is 1. The van der Waals surface area contributed by atoms with Gasteiger partial charge in [-0.1, -0.05) is 0 Å². The van der Waals surface area contributed by atoms with Crippen LogP contribution in [0.25, 0.3) is 0 Å². The predicted octanol–water partition coefficient (Wildman–Crippen LogP) is 2.66. The maximum Gasteiger partial charge on any atom is 0.270 e. The van der Waals surface area contributed by atoms with Crippen molar-refractivity contribution in [2.45, 2.75) is 25.3 Å². The largest absolute Gasteiger partial charge is 0.379 e. The van der Waals surface area contributed by atoms with Crippen molar-refractivity contribution >= 4 is 27.5 Å². The molecule has 1 aliphatic heterocycles. The Kier molecular flexibility index (Phi) is 4.39. The molecule has 1 amide bonds. The Morgan fingerprint density at radius 1 is 1.55 bits per heavy atom. The summed E-state index contributed by atoms with van der Waals surface area (Å²) in [5.74, 6) is -0.339. The third-order valence-corrected chi connectivity index (χ3v) is 3.95. The number of non-ortho nitro benzene ring substituents is 1. The molecule has 20 heavy (non-hydrogen) atoms. The second kappa shape index (κ2) is 5.88. The highest BCUT2D eigenvalue weighted by atomic mass is 79.9. The number of carbonyl (C=O) groups is 1. The number of nitro benzene ring substituents is 1. The summed E-state index contributed by atoms with van der Waals surface area (Å²) in [7, 11) is 0. The Balaban J connectivity index is 2.20. The summed E-state index contributed by atoms with van der Waals surface area (Å²) in [6.45, 7) is 3.06. The van der Waals surface area contributed by atoms with Crippen LogP contribution in [0.5, 0.6) is 0 Å². The highest BCUT2D eigenvalue weighted by Gasteiger charge is 2.30. The van der Waals surface area contributed by atoms with Crippen LogP contribution in [0.4, 0.5) is 5.69 Å². The van der Waals surface area contributed by atoms with E-state index in [0.29, 0.717) is 17.7 Å². The fourth-order valence-electron chi connectivity index (χ4n) is 2.17.